The van der Waals surface area contributed by atoms with E-state index in [1.54, 1.807) is 19.5 Å². The lowest BCUT2D eigenvalue weighted by molar-refractivity contribution is -0.136. The second-order valence-corrected chi connectivity index (χ2v) is 7.62. The predicted molar refractivity (Wildman–Crippen MR) is 112 cm³/mol. The standard InChI is InChI=1S/C23H28N4O3/c1-3-21-24-10-12-26(21)16-22(28)27-11-5-4-9-20(27)23-25-15-19(30-23)14-17-7-6-8-18(13-17)29-2/h6-8,10,12-13,15,20H,3-5,9,11,14,16H2,1-2H3. The van der Waals surface area contributed by atoms with Crippen LogP contribution in [-0.4, -0.2) is 39.0 Å². The Morgan fingerprint density at radius 1 is 1.30 bits per heavy atom. The van der Waals surface area contributed by atoms with Gasteiger partial charge in [-0.3, -0.25) is 4.79 Å². The Kier molecular flexibility index (Phi) is 6.16. The highest BCUT2D eigenvalue weighted by atomic mass is 16.5. The first-order chi connectivity index (χ1) is 14.7. The highest BCUT2D eigenvalue weighted by Gasteiger charge is 2.31. The Morgan fingerprint density at radius 2 is 2.20 bits per heavy atom. The molecule has 0 aliphatic carbocycles. The van der Waals surface area contributed by atoms with E-state index >= 15 is 0 Å². The minimum absolute atomic E-state index is 0.0833. The van der Waals surface area contributed by atoms with Crippen molar-refractivity contribution in [2.45, 2.75) is 51.6 Å². The van der Waals surface area contributed by atoms with Crippen LogP contribution in [0.15, 0.2) is 47.3 Å². The van der Waals surface area contributed by atoms with Crippen molar-refractivity contribution in [2.24, 2.45) is 0 Å². The van der Waals surface area contributed by atoms with Gasteiger partial charge in [-0.25, -0.2) is 9.97 Å². The van der Waals surface area contributed by atoms with Crippen molar-refractivity contribution in [1.29, 1.82) is 0 Å². The van der Waals surface area contributed by atoms with Crippen molar-refractivity contribution in [3.63, 3.8) is 0 Å². The summed E-state index contributed by atoms with van der Waals surface area (Å²) in [4.78, 5) is 23.8. The zero-order valence-corrected chi connectivity index (χ0v) is 17.6. The number of ether oxygens (including phenoxy) is 1. The van der Waals surface area contributed by atoms with Gasteiger partial charge in [0.05, 0.1) is 13.3 Å². The number of nitrogens with zero attached hydrogens (tertiary/aromatic N) is 4. The summed E-state index contributed by atoms with van der Waals surface area (Å²) in [5.74, 6) is 3.25. The van der Waals surface area contributed by atoms with Crippen LogP contribution in [0.3, 0.4) is 0 Å². The molecule has 7 nitrogen and oxygen atoms in total. The van der Waals surface area contributed by atoms with Crippen molar-refractivity contribution in [1.82, 2.24) is 19.4 Å². The summed E-state index contributed by atoms with van der Waals surface area (Å²) in [7, 11) is 1.66. The normalized spacial score (nSPS) is 16.6. The van der Waals surface area contributed by atoms with E-state index in [9.17, 15) is 4.79 Å². The molecule has 1 aromatic carbocycles. The van der Waals surface area contributed by atoms with E-state index in [-0.39, 0.29) is 11.9 Å². The Hall–Kier alpha value is -3.09. The molecule has 30 heavy (non-hydrogen) atoms. The molecule has 1 aliphatic heterocycles. The number of piperidine rings is 1. The first-order valence-electron chi connectivity index (χ1n) is 10.5. The van der Waals surface area contributed by atoms with Gasteiger partial charge in [0.15, 0.2) is 0 Å². The molecule has 1 fully saturated rings. The molecule has 4 rings (SSSR count). The minimum Gasteiger partial charge on any atom is -0.497 e. The van der Waals surface area contributed by atoms with Gasteiger partial charge in [0.2, 0.25) is 11.8 Å². The number of aromatic nitrogens is 3. The molecule has 0 saturated carbocycles. The Labute approximate surface area is 176 Å². The Bertz CT molecular complexity index is 994. The van der Waals surface area contributed by atoms with Gasteiger partial charge < -0.3 is 18.6 Å². The lowest BCUT2D eigenvalue weighted by atomic mass is 10.0. The molecule has 0 radical (unpaired) electrons. The van der Waals surface area contributed by atoms with E-state index in [1.165, 1.54) is 0 Å². The zero-order valence-electron chi connectivity index (χ0n) is 17.6. The molecule has 0 bridgehead atoms. The van der Waals surface area contributed by atoms with Crippen LogP contribution in [0.4, 0.5) is 0 Å². The molecule has 1 aliphatic rings. The number of imidazole rings is 1. The number of likely N-dealkylation sites (tertiary alicyclic amines) is 1. The number of hydrogen-bond donors (Lipinski definition) is 0. The van der Waals surface area contributed by atoms with E-state index in [0.29, 0.717) is 18.9 Å². The Balaban J connectivity index is 1.48. The molecule has 2 aromatic heterocycles. The topological polar surface area (TPSA) is 73.4 Å². The maximum Gasteiger partial charge on any atom is 0.243 e. The number of carbonyl (C=O) groups is 1. The maximum absolute atomic E-state index is 13.1. The number of hydrogen-bond acceptors (Lipinski definition) is 5. The minimum atomic E-state index is -0.112. The summed E-state index contributed by atoms with van der Waals surface area (Å²) < 4.78 is 13.3. The first-order valence-corrected chi connectivity index (χ1v) is 10.5. The molecule has 3 heterocycles. The molecule has 1 unspecified atom stereocenters. The van der Waals surface area contributed by atoms with Gasteiger partial charge in [-0.15, -0.1) is 0 Å². The van der Waals surface area contributed by atoms with E-state index < -0.39 is 0 Å². The van der Waals surface area contributed by atoms with Crippen LogP contribution in [-0.2, 0) is 24.2 Å². The molecule has 1 amide bonds. The highest BCUT2D eigenvalue weighted by molar-refractivity contribution is 5.76. The molecular weight excluding hydrogens is 380 g/mol. The molecule has 1 atom stereocenters. The number of rotatable bonds is 7. The summed E-state index contributed by atoms with van der Waals surface area (Å²) in [6.07, 6.45) is 9.77. The Morgan fingerprint density at radius 3 is 3.03 bits per heavy atom. The van der Waals surface area contributed by atoms with Gasteiger partial charge in [0, 0.05) is 31.8 Å². The van der Waals surface area contributed by atoms with E-state index in [1.807, 2.05) is 46.9 Å². The van der Waals surface area contributed by atoms with Crippen LogP contribution >= 0.6 is 0 Å². The van der Waals surface area contributed by atoms with Crippen molar-refractivity contribution >= 4 is 5.91 Å². The van der Waals surface area contributed by atoms with Crippen molar-refractivity contribution in [3.05, 3.63) is 65.9 Å². The maximum atomic E-state index is 13.1. The van der Waals surface area contributed by atoms with Gasteiger partial charge in [0.25, 0.3) is 0 Å². The third kappa shape index (κ3) is 4.40. The zero-order chi connectivity index (χ0) is 20.9. The van der Waals surface area contributed by atoms with Crippen LogP contribution in [0.2, 0.25) is 0 Å². The second kappa shape index (κ2) is 9.15. The summed E-state index contributed by atoms with van der Waals surface area (Å²) in [5.41, 5.74) is 1.10. The average Bonchev–Trinajstić information content (AvgIpc) is 3.43. The van der Waals surface area contributed by atoms with Gasteiger partial charge in [-0.2, -0.15) is 0 Å². The summed E-state index contributed by atoms with van der Waals surface area (Å²) in [5, 5.41) is 0. The van der Waals surface area contributed by atoms with Gasteiger partial charge in [-0.05, 0) is 37.0 Å². The monoisotopic (exact) mass is 408 g/mol. The SMILES string of the molecule is CCc1nccn1CC(=O)N1CCCCC1c1ncc(Cc2cccc(OC)c2)o1. The fraction of sp³-hybridized carbons (Fsp3) is 0.435. The highest BCUT2D eigenvalue weighted by Crippen LogP contribution is 2.31. The number of oxazole rings is 1. The number of amides is 1. The predicted octanol–water partition coefficient (Wildman–Crippen LogP) is 3.79. The van der Waals surface area contributed by atoms with Crippen LogP contribution in [0.1, 0.15) is 55.3 Å². The van der Waals surface area contributed by atoms with Gasteiger partial charge >= 0.3 is 0 Å². The number of methoxy groups -OCH3 is 1. The fourth-order valence-corrected chi connectivity index (χ4v) is 4.06. The second-order valence-electron chi connectivity index (χ2n) is 7.62. The molecule has 7 heteroatoms. The molecule has 0 spiro atoms. The lowest BCUT2D eigenvalue weighted by Crippen LogP contribution is -2.40. The van der Waals surface area contributed by atoms with E-state index in [2.05, 4.69) is 9.97 Å². The first kappa shape index (κ1) is 20.2. The van der Waals surface area contributed by atoms with Gasteiger partial charge in [0.1, 0.15) is 29.9 Å². The van der Waals surface area contributed by atoms with Gasteiger partial charge in [-0.1, -0.05) is 19.1 Å². The van der Waals surface area contributed by atoms with Crippen LogP contribution < -0.4 is 4.74 Å². The number of aryl methyl sites for hydroxylation is 1. The molecule has 158 valence electrons. The van der Waals surface area contributed by atoms with Crippen molar-refractivity contribution in [3.8, 4) is 5.75 Å². The fourth-order valence-electron chi connectivity index (χ4n) is 4.06. The molecule has 3 aromatic rings. The summed E-state index contributed by atoms with van der Waals surface area (Å²) >= 11 is 0. The van der Waals surface area contributed by atoms with Crippen molar-refractivity contribution < 1.29 is 13.9 Å². The molecular formula is C23H28N4O3. The third-order valence-corrected chi connectivity index (χ3v) is 5.62. The summed E-state index contributed by atoms with van der Waals surface area (Å²) in [6.45, 7) is 3.08. The quantitative estimate of drug-likeness (QED) is 0.595. The van der Waals surface area contributed by atoms with E-state index in [4.69, 9.17) is 9.15 Å². The number of benzene rings is 1. The molecule has 1 saturated heterocycles. The van der Waals surface area contributed by atoms with E-state index in [0.717, 1.165) is 55.1 Å². The molecule has 0 N–H and O–H groups in total. The van der Waals surface area contributed by atoms with Crippen LogP contribution in [0, 0.1) is 0 Å². The largest absolute Gasteiger partial charge is 0.497 e. The third-order valence-electron chi connectivity index (χ3n) is 5.62. The number of carbonyl (C=O) groups excluding carboxylic acids is 1. The lowest BCUT2D eigenvalue weighted by Gasteiger charge is -2.34. The average molecular weight is 409 g/mol. The van der Waals surface area contributed by atoms with Crippen LogP contribution in [0.25, 0.3) is 0 Å². The van der Waals surface area contributed by atoms with Crippen molar-refractivity contribution in [2.75, 3.05) is 13.7 Å². The smallest absolute Gasteiger partial charge is 0.243 e. The summed E-state index contributed by atoms with van der Waals surface area (Å²) in [6, 6.07) is 7.81. The van der Waals surface area contributed by atoms with Crippen LogP contribution in [0.5, 0.6) is 5.75 Å².